The molecular weight excluding hydrogens is 872 g/mol. The molecular formula is C50H38F3N13O2. The monoisotopic (exact) mass is 909 g/mol. The van der Waals surface area contributed by atoms with Crippen LogP contribution in [0.15, 0.2) is 122 Å². The van der Waals surface area contributed by atoms with Crippen LogP contribution in [0.25, 0.3) is 55.9 Å². The number of pyridine rings is 1. The maximum Gasteiger partial charge on any atom is 0.405 e. The number of carbonyl (C=O) groups is 2. The van der Waals surface area contributed by atoms with Gasteiger partial charge in [0.1, 0.15) is 6.54 Å². The third-order valence-electron chi connectivity index (χ3n) is 11.4. The zero-order valence-electron chi connectivity index (χ0n) is 35.9. The van der Waals surface area contributed by atoms with Gasteiger partial charge in [0, 0.05) is 40.5 Å². The molecule has 11 rings (SSSR count). The van der Waals surface area contributed by atoms with Crippen LogP contribution in [-0.4, -0.2) is 70.3 Å². The highest BCUT2D eigenvalue weighted by Crippen LogP contribution is 2.32. The Morgan fingerprint density at radius 3 is 1.54 bits per heavy atom. The van der Waals surface area contributed by atoms with Crippen LogP contribution < -0.4 is 21.3 Å². The zero-order chi connectivity index (χ0) is 46.9. The van der Waals surface area contributed by atoms with Gasteiger partial charge in [0.25, 0.3) is 11.8 Å². The number of alkyl halides is 3. The van der Waals surface area contributed by atoms with E-state index in [1.165, 1.54) is 6.07 Å². The van der Waals surface area contributed by atoms with Gasteiger partial charge in [0.15, 0.2) is 22.9 Å². The molecule has 15 nitrogen and oxygen atoms in total. The van der Waals surface area contributed by atoms with E-state index < -0.39 is 12.7 Å². The molecule has 0 atom stereocenters. The molecule has 2 saturated carbocycles. The van der Waals surface area contributed by atoms with Crippen molar-refractivity contribution in [3.05, 3.63) is 150 Å². The van der Waals surface area contributed by atoms with E-state index in [0.29, 0.717) is 68.5 Å². The van der Waals surface area contributed by atoms with Crippen LogP contribution in [0.2, 0.25) is 0 Å². The maximum absolute atomic E-state index is 12.8. The molecule has 0 unspecified atom stereocenters. The molecule has 9 aromatic rings. The van der Waals surface area contributed by atoms with Gasteiger partial charge in [0.05, 0.1) is 81.4 Å². The molecule has 0 aliphatic heterocycles. The fraction of sp³-hybridized carbons (Fsp3) is 0.180. The summed E-state index contributed by atoms with van der Waals surface area (Å²) in [6.07, 6.45) is 4.76. The highest BCUT2D eigenvalue weighted by Gasteiger charge is 2.29. The number of nitrogens with one attached hydrogen (secondary N) is 4. The minimum Gasteiger partial charge on any atom is -0.361 e. The summed E-state index contributed by atoms with van der Waals surface area (Å²) in [5.41, 5.74) is 9.40. The van der Waals surface area contributed by atoms with Gasteiger partial charge < -0.3 is 21.3 Å². The Bertz CT molecular complexity index is 3480. The number of aromatic nitrogens is 7. The lowest BCUT2D eigenvalue weighted by atomic mass is 10.1. The van der Waals surface area contributed by atoms with Crippen LogP contribution in [0, 0.1) is 22.7 Å². The topological polar surface area (TPSA) is 203 Å². The van der Waals surface area contributed by atoms with Crippen molar-refractivity contribution in [2.75, 3.05) is 17.2 Å². The fourth-order valence-corrected chi connectivity index (χ4v) is 7.69. The Labute approximate surface area is 385 Å². The summed E-state index contributed by atoms with van der Waals surface area (Å²) in [6.45, 7) is -0.786. The highest BCUT2D eigenvalue weighted by molar-refractivity contribution is 5.96. The third kappa shape index (κ3) is 9.16. The molecule has 5 aromatic heterocycles. The highest BCUT2D eigenvalue weighted by atomic mass is 19.4. The minimum atomic E-state index is -4.44. The summed E-state index contributed by atoms with van der Waals surface area (Å²) in [7, 11) is 0. The predicted molar refractivity (Wildman–Crippen MR) is 248 cm³/mol. The van der Waals surface area contributed by atoms with E-state index in [1.807, 2.05) is 59.0 Å². The fourth-order valence-electron chi connectivity index (χ4n) is 7.69. The number of fused-ring (bicyclic) bond motifs is 6. The minimum absolute atomic E-state index is 0.0402. The van der Waals surface area contributed by atoms with Crippen molar-refractivity contribution in [1.29, 1.82) is 10.5 Å². The van der Waals surface area contributed by atoms with Crippen molar-refractivity contribution in [3.63, 3.8) is 0 Å². The van der Waals surface area contributed by atoms with Gasteiger partial charge in [-0.05, 0) is 98.5 Å². The van der Waals surface area contributed by atoms with Crippen molar-refractivity contribution in [2.24, 2.45) is 0 Å². The molecule has 2 aliphatic carbocycles. The lowest BCUT2D eigenvalue weighted by Crippen LogP contribution is -2.25. The van der Waals surface area contributed by atoms with E-state index in [-0.39, 0.29) is 29.3 Å². The van der Waals surface area contributed by atoms with E-state index in [4.69, 9.17) is 4.98 Å². The smallest absolute Gasteiger partial charge is 0.361 e. The van der Waals surface area contributed by atoms with Crippen LogP contribution in [-0.2, 0) is 6.54 Å². The van der Waals surface area contributed by atoms with E-state index >= 15 is 0 Å². The molecule has 68 heavy (non-hydrogen) atoms. The molecule has 0 radical (unpaired) electrons. The second-order valence-electron chi connectivity index (χ2n) is 16.4. The van der Waals surface area contributed by atoms with Crippen LogP contribution >= 0.6 is 0 Å². The quantitative estimate of drug-likeness (QED) is 0.0968. The van der Waals surface area contributed by atoms with E-state index in [9.17, 15) is 33.3 Å². The first-order valence-electron chi connectivity index (χ1n) is 21.7. The van der Waals surface area contributed by atoms with Gasteiger partial charge in [-0.3, -0.25) is 23.4 Å². The van der Waals surface area contributed by atoms with Crippen LogP contribution in [0.4, 0.5) is 24.8 Å². The first kappa shape index (κ1) is 43.0. The van der Waals surface area contributed by atoms with E-state index in [2.05, 4.69) is 47.3 Å². The zero-order valence-corrected chi connectivity index (χ0v) is 35.9. The molecule has 0 saturated heterocycles. The normalized spacial score (nSPS) is 13.4. The van der Waals surface area contributed by atoms with Crippen LogP contribution in [0.5, 0.6) is 0 Å². The van der Waals surface area contributed by atoms with Gasteiger partial charge in [-0.2, -0.15) is 23.7 Å². The summed E-state index contributed by atoms with van der Waals surface area (Å²) in [5.74, 6) is 0.378. The summed E-state index contributed by atoms with van der Waals surface area (Å²) < 4.78 is 42.2. The number of halogens is 3. The molecule has 18 heteroatoms. The van der Waals surface area contributed by atoms with E-state index in [0.717, 1.165) is 53.7 Å². The number of nitriles is 2. The van der Waals surface area contributed by atoms with Crippen LogP contribution in [0.1, 0.15) is 63.2 Å². The van der Waals surface area contributed by atoms with Crippen molar-refractivity contribution < 1.29 is 22.8 Å². The van der Waals surface area contributed by atoms with Crippen LogP contribution in [0.3, 0.4) is 0 Å². The molecule has 2 amide bonds. The molecule has 0 bridgehead atoms. The number of amides is 2. The number of anilines is 2. The number of nitrogens with zero attached hydrogens (tertiary/aromatic N) is 9. The average molecular weight is 910 g/mol. The standard InChI is InChI=1S/C27H21N7O.C23H17F3N6O/c28-14-17-4-11-23-22(13-17)33-25(30-15-21-3-1-2-12-29-21)26-31-16-24(34(23)26)18-5-7-19(8-6-18)27(35)32-20-9-10-20;24-23(25,26)12-29-20-21-28-11-19(32(21)18-8-1-13(10-27)9-17(18)31-20)14-2-4-15(5-3-14)22(33)30-16-6-7-16/h1-8,11-13,16,20H,9-10,15H2,(H,30,33)(H,32,35);1-5,8-9,11,16H,6-7,12H2,(H,29,31)(H,30,33). The van der Waals surface area contributed by atoms with Gasteiger partial charge in [0.2, 0.25) is 0 Å². The van der Waals surface area contributed by atoms with Gasteiger partial charge in [-0.1, -0.05) is 30.3 Å². The maximum atomic E-state index is 12.8. The summed E-state index contributed by atoms with van der Waals surface area (Å²) >= 11 is 0. The van der Waals surface area contributed by atoms with Crippen molar-refractivity contribution in [3.8, 4) is 34.7 Å². The predicted octanol–water partition coefficient (Wildman–Crippen LogP) is 8.61. The molecule has 2 fully saturated rings. The number of imidazole rings is 2. The molecule has 336 valence electrons. The van der Waals surface area contributed by atoms with Crippen molar-refractivity contribution >= 4 is 56.8 Å². The number of carbonyl (C=O) groups excluding carboxylic acids is 2. The summed E-state index contributed by atoms with van der Waals surface area (Å²) in [6, 6.07) is 35.2. The molecule has 0 spiro atoms. The molecule has 4 N–H and O–H groups in total. The second-order valence-corrected chi connectivity index (χ2v) is 16.4. The largest absolute Gasteiger partial charge is 0.405 e. The van der Waals surface area contributed by atoms with Crippen molar-refractivity contribution in [2.45, 2.75) is 50.5 Å². The lowest BCUT2D eigenvalue weighted by Gasteiger charge is -2.13. The Morgan fingerprint density at radius 2 is 1.12 bits per heavy atom. The number of hydrogen-bond donors (Lipinski definition) is 4. The summed E-state index contributed by atoms with van der Waals surface area (Å²) in [5, 5.41) is 30.2. The average Bonchev–Trinajstić information content (AvgIpc) is 4.27. The first-order chi connectivity index (χ1) is 33.0. The number of benzene rings is 4. The van der Waals surface area contributed by atoms with Gasteiger partial charge >= 0.3 is 6.18 Å². The van der Waals surface area contributed by atoms with Gasteiger partial charge in [-0.25, -0.2) is 19.9 Å². The van der Waals surface area contributed by atoms with Gasteiger partial charge in [-0.15, -0.1) is 0 Å². The third-order valence-corrected chi connectivity index (χ3v) is 11.4. The SMILES string of the molecule is N#Cc1ccc2c(c1)nc(NCC(F)(F)F)c1ncc(-c3ccc(C(=O)NC4CC4)cc3)n12.N#Cc1ccc2c(c1)nc(NCc1ccccn1)c1ncc(-c3ccc(C(=O)NC4CC4)cc3)n12. The first-order valence-corrected chi connectivity index (χ1v) is 21.7. The Balaban J connectivity index is 0.000000159. The molecule has 5 heterocycles. The number of rotatable bonds is 11. The number of hydrogen-bond acceptors (Lipinski definition) is 11. The Hall–Kier alpha value is -8.90. The molecule has 2 aliphatic rings. The Kier molecular flexibility index (Phi) is 11.3. The molecule has 4 aromatic carbocycles. The lowest BCUT2D eigenvalue weighted by molar-refractivity contribution is -0.115. The van der Waals surface area contributed by atoms with E-state index in [1.54, 1.807) is 71.5 Å². The summed E-state index contributed by atoms with van der Waals surface area (Å²) in [4.78, 5) is 47.1. The van der Waals surface area contributed by atoms with Crippen molar-refractivity contribution in [1.82, 2.24) is 44.4 Å². The second kappa shape index (κ2) is 17.8. The Morgan fingerprint density at radius 1 is 0.632 bits per heavy atom.